The van der Waals surface area contributed by atoms with Crippen LogP contribution in [0.25, 0.3) is 0 Å². The Balaban J connectivity index is 2.23. The van der Waals surface area contributed by atoms with Crippen LogP contribution in [0.4, 0.5) is 0 Å². The summed E-state index contributed by atoms with van der Waals surface area (Å²) in [6, 6.07) is 0. The maximum Gasteiger partial charge on any atom is 0.103 e. The lowest BCUT2D eigenvalue weighted by Crippen LogP contribution is -2.33. The van der Waals surface area contributed by atoms with Crippen LogP contribution in [0.5, 0.6) is 0 Å². The monoisotopic (exact) mass is 250 g/mol. The minimum atomic E-state index is -0.630. The molecule has 2 atom stereocenters. The maximum atomic E-state index is 10.5. The van der Waals surface area contributed by atoms with E-state index in [0.717, 1.165) is 12.1 Å². The van der Waals surface area contributed by atoms with Crippen molar-refractivity contribution in [2.45, 2.75) is 58.3 Å². The summed E-state index contributed by atoms with van der Waals surface area (Å²) in [5.41, 5.74) is 0.927. The molecule has 0 radical (unpaired) electrons. The Morgan fingerprint density at radius 2 is 1.94 bits per heavy atom. The first-order valence-electron chi connectivity index (χ1n) is 6.38. The molecular weight excluding hydrogens is 228 g/mol. The first-order valence-corrected chi connectivity index (χ1v) is 6.38. The van der Waals surface area contributed by atoms with Gasteiger partial charge in [-0.2, -0.15) is 0 Å². The van der Waals surface area contributed by atoms with E-state index in [4.69, 9.17) is 4.74 Å². The molecule has 0 bridgehead atoms. The number of ether oxygens (including phenoxy) is 1. The van der Waals surface area contributed by atoms with Crippen LogP contribution in [0.15, 0.2) is 12.4 Å². The van der Waals surface area contributed by atoms with E-state index in [-0.39, 0.29) is 17.1 Å². The Bertz CT molecular complexity index is 426. The third-order valence-corrected chi connectivity index (χ3v) is 3.63. The van der Waals surface area contributed by atoms with E-state index in [1.165, 1.54) is 0 Å². The molecule has 0 spiro atoms. The first-order chi connectivity index (χ1) is 8.21. The van der Waals surface area contributed by atoms with Gasteiger partial charge in [0.1, 0.15) is 6.10 Å². The fourth-order valence-corrected chi connectivity index (χ4v) is 2.86. The lowest BCUT2D eigenvalue weighted by molar-refractivity contribution is -0.0884. The first kappa shape index (κ1) is 13.4. The van der Waals surface area contributed by atoms with Gasteiger partial charge in [0.15, 0.2) is 0 Å². The second-order valence-electron chi connectivity index (χ2n) is 6.30. The normalized spacial score (nSPS) is 27.1. The van der Waals surface area contributed by atoms with Crippen LogP contribution in [0.3, 0.4) is 0 Å². The van der Waals surface area contributed by atoms with Gasteiger partial charge in [-0.15, -0.1) is 0 Å². The third-order valence-electron chi connectivity index (χ3n) is 3.63. The number of rotatable bonds is 2. The molecule has 2 unspecified atom stereocenters. The summed E-state index contributed by atoms with van der Waals surface area (Å²) in [5.74, 6) is 0.0320. The minimum Gasteiger partial charge on any atom is -0.386 e. The van der Waals surface area contributed by atoms with Gasteiger partial charge in [0.25, 0.3) is 0 Å². The SMILES string of the molecule is Cc1cnc(C(O)C2CC(C)(C)OC2(C)C)cn1. The Morgan fingerprint density at radius 3 is 2.39 bits per heavy atom. The van der Waals surface area contributed by atoms with Crippen LogP contribution < -0.4 is 0 Å². The molecule has 1 aromatic heterocycles. The van der Waals surface area contributed by atoms with E-state index < -0.39 is 6.10 Å². The number of hydrogen-bond donors (Lipinski definition) is 1. The smallest absolute Gasteiger partial charge is 0.103 e. The van der Waals surface area contributed by atoms with Crippen LogP contribution in [-0.2, 0) is 4.74 Å². The fraction of sp³-hybridized carbons (Fsp3) is 0.714. The molecule has 2 rings (SSSR count). The Kier molecular flexibility index (Phi) is 3.19. The van der Waals surface area contributed by atoms with Crippen molar-refractivity contribution >= 4 is 0 Å². The molecule has 0 amide bonds. The Labute approximate surface area is 108 Å². The molecule has 1 N–H and O–H groups in total. The minimum absolute atomic E-state index is 0.0320. The van der Waals surface area contributed by atoms with E-state index in [0.29, 0.717) is 5.69 Å². The topological polar surface area (TPSA) is 55.2 Å². The number of nitrogens with zero attached hydrogens (tertiary/aromatic N) is 2. The molecule has 1 fully saturated rings. The Hall–Kier alpha value is -1.00. The van der Waals surface area contributed by atoms with Gasteiger partial charge in [-0.05, 0) is 41.0 Å². The standard InChI is InChI=1S/C14H22N2O2/c1-9-7-16-11(8-15-9)12(17)10-6-13(2,3)18-14(10,4)5/h7-8,10,12,17H,6H2,1-5H3. The zero-order valence-corrected chi connectivity index (χ0v) is 11.8. The van der Waals surface area contributed by atoms with Crippen molar-refractivity contribution in [1.29, 1.82) is 0 Å². The van der Waals surface area contributed by atoms with E-state index >= 15 is 0 Å². The summed E-state index contributed by atoms with van der Waals surface area (Å²) in [4.78, 5) is 8.46. The van der Waals surface area contributed by atoms with Gasteiger partial charge in [-0.25, -0.2) is 0 Å². The van der Waals surface area contributed by atoms with Crippen LogP contribution in [0.1, 0.15) is 51.6 Å². The molecule has 100 valence electrons. The second kappa shape index (κ2) is 4.28. The number of aromatic nitrogens is 2. The van der Waals surface area contributed by atoms with Gasteiger partial charge in [-0.1, -0.05) is 0 Å². The van der Waals surface area contributed by atoms with Crippen LogP contribution >= 0.6 is 0 Å². The maximum absolute atomic E-state index is 10.5. The van der Waals surface area contributed by atoms with Gasteiger partial charge < -0.3 is 9.84 Å². The molecule has 1 aromatic rings. The van der Waals surface area contributed by atoms with Crippen molar-refractivity contribution in [3.05, 3.63) is 23.8 Å². The number of hydrogen-bond acceptors (Lipinski definition) is 4. The predicted octanol–water partition coefficient (Wildman–Crippen LogP) is 2.41. The zero-order valence-electron chi connectivity index (χ0n) is 11.8. The van der Waals surface area contributed by atoms with E-state index in [9.17, 15) is 5.11 Å². The third kappa shape index (κ3) is 2.54. The van der Waals surface area contributed by atoms with Crippen molar-refractivity contribution in [2.24, 2.45) is 5.92 Å². The molecule has 18 heavy (non-hydrogen) atoms. The highest BCUT2D eigenvalue weighted by atomic mass is 16.5. The summed E-state index contributed by atoms with van der Waals surface area (Å²) in [7, 11) is 0. The van der Waals surface area contributed by atoms with E-state index in [2.05, 4.69) is 23.8 Å². The highest BCUT2D eigenvalue weighted by Gasteiger charge is 2.49. The highest BCUT2D eigenvalue weighted by molar-refractivity contribution is 5.09. The molecular formula is C14H22N2O2. The summed E-state index contributed by atoms with van der Waals surface area (Å²) in [6.45, 7) is 10.0. The van der Waals surface area contributed by atoms with E-state index in [1.54, 1.807) is 12.4 Å². The van der Waals surface area contributed by atoms with Gasteiger partial charge in [-0.3, -0.25) is 9.97 Å². The second-order valence-corrected chi connectivity index (χ2v) is 6.30. The summed E-state index contributed by atoms with van der Waals surface area (Å²) in [5, 5.41) is 10.5. The molecule has 2 heterocycles. The number of aliphatic hydroxyl groups excluding tert-OH is 1. The van der Waals surface area contributed by atoms with Crippen LogP contribution in [0, 0.1) is 12.8 Å². The molecule has 4 heteroatoms. The quantitative estimate of drug-likeness (QED) is 0.875. The number of aryl methyl sites for hydroxylation is 1. The van der Waals surface area contributed by atoms with Crippen molar-refractivity contribution < 1.29 is 9.84 Å². The van der Waals surface area contributed by atoms with Gasteiger partial charge in [0.05, 0.1) is 28.8 Å². The molecule has 0 saturated carbocycles. The lowest BCUT2D eigenvalue weighted by Gasteiger charge is -2.29. The van der Waals surface area contributed by atoms with Gasteiger partial charge >= 0.3 is 0 Å². The predicted molar refractivity (Wildman–Crippen MR) is 69.1 cm³/mol. The van der Waals surface area contributed by atoms with Crippen molar-refractivity contribution in [3.8, 4) is 0 Å². The van der Waals surface area contributed by atoms with Crippen molar-refractivity contribution in [2.75, 3.05) is 0 Å². The molecule has 0 aliphatic carbocycles. The summed E-state index contributed by atoms with van der Waals surface area (Å²) >= 11 is 0. The average Bonchev–Trinajstić information content (AvgIpc) is 2.47. The van der Waals surface area contributed by atoms with Crippen molar-refractivity contribution in [1.82, 2.24) is 9.97 Å². The zero-order chi connectivity index (χ0) is 13.6. The Morgan fingerprint density at radius 1 is 1.28 bits per heavy atom. The fourth-order valence-electron chi connectivity index (χ4n) is 2.86. The van der Waals surface area contributed by atoms with Gasteiger partial charge in [0, 0.05) is 12.1 Å². The van der Waals surface area contributed by atoms with Crippen molar-refractivity contribution in [3.63, 3.8) is 0 Å². The molecule has 1 aliphatic heterocycles. The largest absolute Gasteiger partial charge is 0.386 e. The average molecular weight is 250 g/mol. The lowest BCUT2D eigenvalue weighted by atomic mass is 9.82. The molecule has 4 nitrogen and oxygen atoms in total. The van der Waals surface area contributed by atoms with Crippen LogP contribution in [-0.4, -0.2) is 26.3 Å². The molecule has 0 aromatic carbocycles. The van der Waals surface area contributed by atoms with Gasteiger partial charge in [0.2, 0.25) is 0 Å². The molecule has 1 saturated heterocycles. The number of aliphatic hydroxyl groups is 1. The molecule has 1 aliphatic rings. The highest BCUT2D eigenvalue weighted by Crippen LogP contribution is 2.47. The van der Waals surface area contributed by atoms with Crippen LogP contribution in [0.2, 0.25) is 0 Å². The summed E-state index contributed by atoms with van der Waals surface area (Å²) < 4.78 is 6.01. The van der Waals surface area contributed by atoms with E-state index in [1.807, 2.05) is 20.8 Å². The summed E-state index contributed by atoms with van der Waals surface area (Å²) in [6.07, 6.45) is 3.53.